The fourth-order valence-electron chi connectivity index (χ4n) is 4.11. The summed E-state index contributed by atoms with van der Waals surface area (Å²) in [6, 6.07) is 5.16. The maximum absolute atomic E-state index is 14.0. The molecule has 1 saturated carbocycles. The molecule has 0 aliphatic heterocycles. The number of halogens is 2. The van der Waals surface area contributed by atoms with Crippen molar-refractivity contribution in [3.05, 3.63) is 53.1 Å². The maximum atomic E-state index is 14.0. The fourth-order valence-corrected chi connectivity index (χ4v) is 5.21. The van der Waals surface area contributed by atoms with Crippen molar-refractivity contribution in [1.82, 2.24) is 0 Å². The van der Waals surface area contributed by atoms with E-state index in [2.05, 4.69) is 10.0 Å². The highest BCUT2D eigenvalue weighted by atomic mass is 32.2. The van der Waals surface area contributed by atoms with Gasteiger partial charge in [-0.25, -0.2) is 17.2 Å². The first-order valence-electron chi connectivity index (χ1n) is 9.08. The molecular formula is C20H18F2N2O4S. The van der Waals surface area contributed by atoms with Gasteiger partial charge < -0.3 is 5.32 Å². The summed E-state index contributed by atoms with van der Waals surface area (Å²) in [4.78, 5) is 23.5. The lowest BCUT2D eigenvalue weighted by atomic mass is 9.64. The van der Waals surface area contributed by atoms with Crippen LogP contribution in [0.4, 0.5) is 20.2 Å². The number of fused-ring (bicyclic) bond motifs is 2. The number of hydrogen-bond acceptors (Lipinski definition) is 4. The van der Waals surface area contributed by atoms with E-state index in [1.807, 2.05) is 0 Å². The number of nitrogens with one attached hydrogen (secondary N) is 2. The first-order valence-corrected chi connectivity index (χ1v) is 10.6. The SMILES string of the molecule is CC(=O)Nc1cc(NS(=O)(=O)c2ccc(F)cc2F)cc2c1CC(=O)C21CCC1. The second-order valence-corrected chi connectivity index (χ2v) is 9.10. The van der Waals surface area contributed by atoms with Gasteiger partial charge in [-0.2, -0.15) is 0 Å². The third-order valence-corrected chi connectivity index (χ3v) is 7.00. The Hall–Kier alpha value is -2.81. The Bertz CT molecular complexity index is 1160. The van der Waals surface area contributed by atoms with E-state index in [0.717, 1.165) is 18.6 Å². The molecule has 1 spiro atoms. The highest BCUT2D eigenvalue weighted by Crippen LogP contribution is 2.52. The molecule has 2 N–H and O–H groups in total. The van der Waals surface area contributed by atoms with Gasteiger partial charge >= 0.3 is 0 Å². The lowest BCUT2D eigenvalue weighted by molar-refractivity contribution is -0.125. The van der Waals surface area contributed by atoms with Crippen LogP contribution in [0.1, 0.15) is 37.3 Å². The van der Waals surface area contributed by atoms with Crippen molar-refractivity contribution < 1.29 is 26.8 Å². The van der Waals surface area contributed by atoms with Gasteiger partial charge in [0.2, 0.25) is 5.91 Å². The second-order valence-electron chi connectivity index (χ2n) is 7.45. The minimum absolute atomic E-state index is 0.0509. The number of ketones is 1. The topological polar surface area (TPSA) is 92.3 Å². The number of Topliss-reactive ketones (excluding diaryl/α,β-unsaturated/α-hetero) is 1. The van der Waals surface area contributed by atoms with E-state index >= 15 is 0 Å². The molecule has 0 atom stereocenters. The summed E-state index contributed by atoms with van der Waals surface area (Å²) in [6.07, 6.45) is 2.39. The number of hydrogen-bond donors (Lipinski definition) is 2. The summed E-state index contributed by atoms with van der Waals surface area (Å²) in [5.74, 6) is -2.42. The van der Waals surface area contributed by atoms with Crippen LogP contribution in [0, 0.1) is 11.6 Å². The molecule has 2 aliphatic rings. The van der Waals surface area contributed by atoms with E-state index in [-0.39, 0.29) is 23.8 Å². The summed E-state index contributed by atoms with van der Waals surface area (Å²) in [5.41, 5.74) is 1.17. The van der Waals surface area contributed by atoms with Gasteiger partial charge in [-0.1, -0.05) is 6.42 Å². The molecule has 1 fully saturated rings. The van der Waals surface area contributed by atoms with Gasteiger partial charge in [0.05, 0.1) is 11.1 Å². The van der Waals surface area contributed by atoms with Crippen LogP contribution in [-0.4, -0.2) is 20.1 Å². The number of benzene rings is 2. The Morgan fingerprint density at radius 3 is 2.45 bits per heavy atom. The lowest BCUT2D eigenvalue weighted by Gasteiger charge is -2.37. The van der Waals surface area contributed by atoms with Gasteiger partial charge in [0, 0.05) is 25.1 Å². The van der Waals surface area contributed by atoms with Gasteiger partial charge in [0.15, 0.2) is 0 Å². The van der Waals surface area contributed by atoms with E-state index in [1.54, 1.807) is 6.07 Å². The summed E-state index contributed by atoms with van der Waals surface area (Å²) in [5, 5.41) is 2.65. The first kappa shape index (κ1) is 19.5. The molecule has 0 bridgehead atoms. The quantitative estimate of drug-likeness (QED) is 0.794. The first-order chi connectivity index (χ1) is 13.6. The number of carbonyl (C=O) groups is 2. The Morgan fingerprint density at radius 1 is 1.14 bits per heavy atom. The molecule has 0 aromatic heterocycles. The largest absolute Gasteiger partial charge is 0.326 e. The van der Waals surface area contributed by atoms with Crippen LogP contribution < -0.4 is 10.0 Å². The minimum Gasteiger partial charge on any atom is -0.326 e. The number of sulfonamides is 1. The van der Waals surface area contributed by atoms with Gasteiger partial charge in [-0.05, 0) is 48.2 Å². The van der Waals surface area contributed by atoms with Crippen molar-refractivity contribution in [2.45, 2.75) is 42.9 Å². The molecule has 4 rings (SSSR count). The van der Waals surface area contributed by atoms with Gasteiger partial charge in [-0.3, -0.25) is 14.3 Å². The van der Waals surface area contributed by atoms with Crippen LogP contribution in [0.3, 0.4) is 0 Å². The third-order valence-electron chi connectivity index (χ3n) is 5.59. The van der Waals surface area contributed by atoms with Crippen LogP contribution >= 0.6 is 0 Å². The van der Waals surface area contributed by atoms with E-state index in [0.29, 0.717) is 35.7 Å². The van der Waals surface area contributed by atoms with Crippen LogP contribution in [0.2, 0.25) is 0 Å². The second kappa shape index (κ2) is 6.62. The molecule has 6 nitrogen and oxygen atoms in total. The zero-order valence-corrected chi connectivity index (χ0v) is 16.3. The zero-order chi connectivity index (χ0) is 21.0. The van der Waals surface area contributed by atoms with E-state index in [1.165, 1.54) is 13.0 Å². The zero-order valence-electron chi connectivity index (χ0n) is 15.5. The fraction of sp³-hybridized carbons (Fsp3) is 0.300. The van der Waals surface area contributed by atoms with Crippen molar-refractivity contribution in [3.63, 3.8) is 0 Å². The number of carbonyl (C=O) groups excluding carboxylic acids is 2. The number of anilines is 2. The Kier molecular flexibility index (Phi) is 4.45. The highest BCUT2D eigenvalue weighted by Gasteiger charge is 2.51. The summed E-state index contributed by atoms with van der Waals surface area (Å²) in [7, 11) is -4.35. The summed E-state index contributed by atoms with van der Waals surface area (Å²) < 4.78 is 54.7. The van der Waals surface area contributed by atoms with Crippen molar-refractivity contribution >= 4 is 33.1 Å². The van der Waals surface area contributed by atoms with E-state index < -0.39 is 32.0 Å². The molecule has 152 valence electrons. The molecule has 0 radical (unpaired) electrons. The third kappa shape index (κ3) is 3.19. The molecule has 2 aromatic rings. The smallest absolute Gasteiger partial charge is 0.264 e. The van der Waals surface area contributed by atoms with Gasteiger partial charge in [0.25, 0.3) is 10.0 Å². The predicted octanol–water partition coefficient (Wildman–Crippen LogP) is 3.27. The predicted molar refractivity (Wildman–Crippen MR) is 102 cm³/mol. The Labute approximate surface area is 166 Å². The van der Waals surface area contributed by atoms with Crippen molar-refractivity contribution in [3.8, 4) is 0 Å². The molecule has 1 amide bonds. The van der Waals surface area contributed by atoms with Crippen LogP contribution in [-0.2, 0) is 31.4 Å². The van der Waals surface area contributed by atoms with Crippen LogP contribution in [0.5, 0.6) is 0 Å². The van der Waals surface area contributed by atoms with E-state index in [9.17, 15) is 26.8 Å². The van der Waals surface area contributed by atoms with Crippen LogP contribution in [0.15, 0.2) is 35.2 Å². The molecule has 2 aliphatic carbocycles. The average molecular weight is 420 g/mol. The van der Waals surface area contributed by atoms with Gasteiger partial charge in [0.1, 0.15) is 22.3 Å². The van der Waals surface area contributed by atoms with Crippen molar-refractivity contribution in [2.24, 2.45) is 0 Å². The van der Waals surface area contributed by atoms with Crippen molar-refractivity contribution in [1.29, 1.82) is 0 Å². The monoisotopic (exact) mass is 420 g/mol. The van der Waals surface area contributed by atoms with E-state index in [4.69, 9.17) is 0 Å². The number of rotatable bonds is 4. The lowest BCUT2D eigenvalue weighted by Crippen LogP contribution is -2.39. The molecule has 0 saturated heterocycles. The Balaban J connectivity index is 1.79. The standard InChI is InChI=1S/C20H18F2N2O4S/c1-11(25)23-17-9-13(8-15-14(17)10-19(26)20(15)5-2-6-20)24-29(27,28)18-4-3-12(21)7-16(18)22/h3-4,7-9,24H,2,5-6,10H2,1H3,(H,23,25). The minimum atomic E-state index is -4.35. The Morgan fingerprint density at radius 2 is 1.86 bits per heavy atom. The molecule has 0 unspecified atom stereocenters. The molecule has 0 heterocycles. The van der Waals surface area contributed by atoms with Crippen molar-refractivity contribution in [2.75, 3.05) is 10.0 Å². The summed E-state index contributed by atoms with van der Waals surface area (Å²) in [6.45, 7) is 1.31. The number of amides is 1. The maximum Gasteiger partial charge on any atom is 0.264 e. The molecular weight excluding hydrogens is 402 g/mol. The normalized spacial score (nSPS) is 17.0. The molecule has 9 heteroatoms. The highest BCUT2D eigenvalue weighted by molar-refractivity contribution is 7.92. The summed E-state index contributed by atoms with van der Waals surface area (Å²) >= 11 is 0. The molecule has 2 aromatic carbocycles. The van der Waals surface area contributed by atoms with Gasteiger partial charge in [-0.15, -0.1) is 0 Å². The van der Waals surface area contributed by atoms with Crippen LogP contribution in [0.25, 0.3) is 0 Å². The molecule has 29 heavy (non-hydrogen) atoms. The average Bonchev–Trinajstić information content (AvgIpc) is 2.85.